The first-order chi connectivity index (χ1) is 8.69. The van der Waals surface area contributed by atoms with Crippen LogP contribution in [0.15, 0.2) is 18.2 Å². The lowest BCUT2D eigenvalue weighted by atomic mass is 10.1. The van der Waals surface area contributed by atoms with Crippen LogP contribution in [-0.4, -0.2) is 37.6 Å². The number of nitrogens with zero attached hydrogens (tertiary/aromatic N) is 1. The highest BCUT2D eigenvalue weighted by Crippen LogP contribution is 2.21. The Hall–Kier alpha value is -1.55. The van der Waals surface area contributed by atoms with Gasteiger partial charge in [-0.25, -0.2) is 0 Å². The zero-order valence-corrected chi connectivity index (χ0v) is 11.0. The molecule has 0 aromatic heterocycles. The van der Waals surface area contributed by atoms with Crippen molar-refractivity contribution in [1.82, 2.24) is 10.2 Å². The summed E-state index contributed by atoms with van der Waals surface area (Å²) in [5.74, 6) is 1.01. The van der Waals surface area contributed by atoms with Gasteiger partial charge in [-0.1, -0.05) is 12.1 Å². The van der Waals surface area contributed by atoms with Gasteiger partial charge in [-0.15, -0.1) is 0 Å². The molecule has 2 rings (SSSR count). The van der Waals surface area contributed by atoms with E-state index in [2.05, 4.69) is 22.3 Å². The Balaban J connectivity index is 2.10. The minimum atomic E-state index is 0.110. The van der Waals surface area contributed by atoms with Gasteiger partial charge in [0.2, 0.25) is 5.91 Å². The van der Waals surface area contributed by atoms with Gasteiger partial charge < -0.3 is 10.1 Å². The monoisotopic (exact) mass is 248 g/mol. The molecule has 0 bridgehead atoms. The van der Waals surface area contributed by atoms with Crippen LogP contribution in [0.5, 0.6) is 5.75 Å². The Bertz CT molecular complexity index is 432. The molecule has 1 fully saturated rings. The highest BCUT2D eigenvalue weighted by atomic mass is 16.5. The third-order valence-electron chi connectivity index (χ3n) is 3.18. The summed E-state index contributed by atoms with van der Waals surface area (Å²) in [4.78, 5) is 13.7. The van der Waals surface area contributed by atoms with E-state index in [0.29, 0.717) is 6.54 Å². The summed E-state index contributed by atoms with van der Waals surface area (Å²) in [5.41, 5.74) is 2.32. The zero-order chi connectivity index (χ0) is 13.0. The van der Waals surface area contributed by atoms with Crippen molar-refractivity contribution < 1.29 is 9.53 Å². The van der Waals surface area contributed by atoms with Gasteiger partial charge in [-0.3, -0.25) is 9.69 Å². The summed E-state index contributed by atoms with van der Waals surface area (Å²) in [6.07, 6.45) is 1.000. The van der Waals surface area contributed by atoms with Crippen LogP contribution in [0.4, 0.5) is 0 Å². The van der Waals surface area contributed by atoms with Crippen LogP contribution in [0.1, 0.15) is 17.5 Å². The van der Waals surface area contributed by atoms with E-state index in [1.54, 1.807) is 7.11 Å². The van der Waals surface area contributed by atoms with Crippen molar-refractivity contribution in [3.05, 3.63) is 29.3 Å². The molecule has 1 saturated heterocycles. The van der Waals surface area contributed by atoms with E-state index in [0.717, 1.165) is 37.4 Å². The molecule has 4 heteroatoms. The maximum absolute atomic E-state index is 11.5. The van der Waals surface area contributed by atoms with E-state index in [-0.39, 0.29) is 5.91 Å². The number of carbonyl (C=O) groups excluding carboxylic acids is 1. The van der Waals surface area contributed by atoms with E-state index >= 15 is 0 Å². The molecule has 0 aliphatic carbocycles. The Morgan fingerprint density at radius 2 is 2.28 bits per heavy atom. The van der Waals surface area contributed by atoms with Crippen LogP contribution in [0.3, 0.4) is 0 Å². The highest BCUT2D eigenvalue weighted by Gasteiger charge is 2.16. The van der Waals surface area contributed by atoms with Crippen molar-refractivity contribution in [2.45, 2.75) is 19.9 Å². The SMILES string of the molecule is COc1cc(C)ccc1CN1CCCNC(=O)C1. The van der Waals surface area contributed by atoms with Gasteiger partial charge >= 0.3 is 0 Å². The van der Waals surface area contributed by atoms with E-state index < -0.39 is 0 Å². The van der Waals surface area contributed by atoms with Gasteiger partial charge in [-0.05, 0) is 25.0 Å². The average molecular weight is 248 g/mol. The second-order valence-electron chi connectivity index (χ2n) is 4.73. The molecule has 1 heterocycles. The number of carbonyl (C=O) groups is 1. The Morgan fingerprint density at radius 1 is 1.44 bits per heavy atom. The van der Waals surface area contributed by atoms with E-state index in [1.165, 1.54) is 5.56 Å². The molecule has 18 heavy (non-hydrogen) atoms. The van der Waals surface area contributed by atoms with E-state index in [4.69, 9.17) is 4.74 Å². The number of amides is 1. The summed E-state index contributed by atoms with van der Waals surface area (Å²) >= 11 is 0. The summed E-state index contributed by atoms with van der Waals surface area (Å²) in [6, 6.07) is 6.19. The van der Waals surface area contributed by atoms with Crippen LogP contribution >= 0.6 is 0 Å². The van der Waals surface area contributed by atoms with E-state index in [1.807, 2.05) is 13.0 Å². The predicted molar refractivity (Wildman–Crippen MR) is 70.6 cm³/mol. The Morgan fingerprint density at radius 3 is 3.06 bits per heavy atom. The molecule has 1 aliphatic rings. The summed E-state index contributed by atoms with van der Waals surface area (Å²) in [7, 11) is 1.69. The lowest BCUT2D eigenvalue weighted by Gasteiger charge is -2.20. The third kappa shape index (κ3) is 3.23. The maximum Gasteiger partial charge on any atom is 0.234 e. The first-order valence-electron chi connectivity index (χ1n) is 6.31. The molecule has 4 nitrogen and oxygen atoms in total. The molecule has 1 aromatic carbocycles. The summed E-state index contributed by atoms with van der Waals surface area (Å²) in [5, 5.41) is 2.89. The van der Waals surface area contributed by atoms with Crippen molar-refractivity contribution in [1.29, 1.82) is 0 Å². The van der Waals surface area contributed by atoms with Crippen molar-refractivity contribution in [2.24, 2.45) is 0 Å². The number of aryl methyl sites for hydroxylation is 1. The van der Waals surface area contributed by atoms with Crippen LogP contribution in [0.25, 0.3) is 0 Å². The van der Waals surface area contributed by atoms with Gasteiger partial charge in [0, 0.05) is 25.2 Å². The average Bonchev–Trinajstić information content (AvgIpc) is 2.56. The summed E-state index contributed by atoms with van der Waals surface area (Å²) in [6.45, 7) is 5.00. The molecule has 0 spiro atoms. The second-order valence-corrected chi connectivity index (χ2v) is 4.73. The standard InChI is InChI=1S/C14H20N2O2/c1-11-4-5-12(13(8-11)18-2)9-16-7-3-6-15-14(17)10-16/h4-5,8H,3,6-7,9-10H2,1-2H3,(H,15,17). The molecule has 0 saturated carbocycles. The molecule has 0 atom stereocenters. The largest absolute Gasteiger partial charge is 0.496 e. The minimum Gasteiger partial charge on any atom is -0.496 e. The smallest absolute Gasteiger partial charge is 0.234 e. The van der Waals surface area contributed by atoms with Crippen molar-refractivity contribution in [3.8, 4) is 5.75 Å². The molecular formula is C14H20N2O2. The van der Waals surface area contributed by atoms with Crippen LogP contribution < -0.4 is 10.1 Å². The number of hydrogen-bond acceptors (Lipinski definition) is 3. The van der Waals surface area contributed by atoms with Gasteiger partial charge in [0.15, 0.2) is 0 Å². The highest BCUT2D eigenvalue weighted by molar-refractivity contribution is 5.78. The van der Waals surface area contributed by atoms with Crippen LogP contribution in [0, 0.1) is 6.92 Å². The lowest BCUT2D eigenvalue weighted by Crippen LogP contribution is -2.32. The third-order valence-corrected chi connectivity index (χ3v) is 3.18. The number of rotatable bonds is 3. The molecule has 1 aromatic rings. The van der Waals surface area contributed by atoms with Crippen LogP contribution in [-0.2, 0) is 11.3 Å². The first kappa shape index (κ1) is 12.9. The molecule has 1 N–H and O–H groups in total. The van der Waals surface area contributed by atoms with Gasteiger partial charge in [0.1, 0.15) is 5.75 Å². The Labute approximate surface area is 108 Å². The number of benzene rings is 1. The fourth-order valence-corrected chi connectivity index (χ4v) is 2.23. The molecule has 0 unspecified atom stereocenters. The maximum atomic E-state index is 11.5. The molecule has 1 amide bonds. The Kier molecular flexibility index (Phi) is 4.20. The number of ether oxygens (including phenoxy) is 1. The number of methoxy groups -OCH3 is 1. The molecule has 98 valence electrons. The molecule has 0 radical (unpaired) electrons. The fourth-order valence-electron chi connectivity index (χ4n) is 2.23. The number of nitrogens with one attached hydrogen (secondary N) is 1. The molecule has 1 aliphatic heterocycles. The van der Waals surface area contributed by atoms with E-state index in [9.17, 15) is 4.79 Å². The summed E-state index contributed by atoms with van der Waals surface area (Å²) < 4.78 is 5.40. The van der Waals surface area contributed by atoms with Gasteiger partial charge in [0.05, 0.1) is 13.7 Å². The first-order valence-corrected chi connectivity index (χ1v) is 6.31. The lowest BCUT2D eigenvalue weighted by molar-refractivity contribution is -0.121. The topological polar surface area (TPSA) is 41.6 Å². The van der Waals surface area contributed by atoms with Gasteiger partial charge in [0.25, 0.3) is 0 Å². The predicted octanol–water partition coefficient (Wildman–Crippen LogP) is 1.33. The zero-order valence-electron chi connectivity index (χ0n) is 11.0. The minimum absolute atomic E-state index is 0.110. The fraction of sp³-hybridized carbons (Fsp3) is 0.500. The normalized spacial score (nSPS) is 17.1. The van der Waals surface area contributed by atoms with Crippen molar-refractivity contribution in [3.63, 3.8) is 0 Å². The van der Waals surface area contributed by atoms with Gasteiger partial charge in [-0.2, -0.15) is 0 Å². The van der Waals surface area contributed by atoms with Crippen molar-refractivity contribution in [2.75, 3.05) is 26.7 Å². The van der Waals surface area contributed by atoms with Crippen molar-refractivity contribution >= 4 is 5.91 Å². The number of hydrogen-bond donors (Lipinski definition) is 1. The second kappa shape index (κ2) is 5.87. The van der Waals surface area contributed by atoms with Crippen LogP contribution in [0.2, 0.25) is 0 Å². The quantitative estimate of drug-likeness (QED) is 0.877. The molecular weight excluding hydrogens is 228 g/mol.